The van der Waals surface area contributed by atoms with Crippen LogP contribution in [-0.2, 0) is 0 Å². The van der Waals surface area contributed by atoms with Gasteiger partial charge in [0.15, 0.2) is 5.75 Å². The van der Waals surface area contributed by atoms with Crippen molar-refractivity contribution >= 4 is 22.4 Å². The van der Waals surface area contributed by atoms with Gasteiger partial charge in [0, 0.05) is 18.0 Å². The molecule has 0 unspecified atom stereocenters. The molecule has 0 fully saturated rings. The van der Waals surface area contributed by atoms with Crippen molar-refractivity contribution in [1.82, 2.24) is 4.98 Å². The first-order valence-electron chi connectivity index (χ1n) is 6.44. The second-order valence-electron chi connectivity index (χ2n) is 4.56. The quantitative estimate of drug-likeness (QED) is 0.669. The number of rotatable bonds is 5. The highest BCUT2D eigenvalue weighted by molar-refractivity contribution is 5.89. The molecular weight excluding hydrogens is 258 g/mol. The number of nitro groups is 1. The molecule has 6 nitrogen and oxygen atoms in total. The molecular formula is C14H17N3O3. The molecule has 2 aromatic rings. The van der Waals surface area contributed by atoms with Crippen molar-refractivity contribution in [3.8, 4) is 5.75 Å². The van der Waals surface area contributed by atoms with Crippen molar-refractivity contribution in [2.24, 2.45) is 0 Å². The number of non-ortho nitro benzene ring substituents is 1. The summed E-state index contributed by atoms with van der Waals surface area (Å²) >= 11 is 0. The zero-order valence-electron chi connectivity index (χ0n) is 11.8. The van der Waals surface area contributed by atoms with Crippen LogP contribution in [0.3, 0.4) is 0 Å². The van der Waals surface area contributed by atoms with Gasteiger partial charge in [-0.2, -0.15) is 0 Å². The third kappa shape index (κ3) is 2.64. The highest BCUT2D eigenvalue weighted by Gasteiger charge is 2.14. The summed E-state index contributed by atoms with van der Waals surface area (Å²) in [4.78, 5) is 15.0. The molecule has 0 aliphatic carbocycles. The van der Waals surface area contributed by atoms with Gasteiger partial charge in [-0.15, -0.1) is 0 Å². The fourth-order valence-electron chi connectivity index (χ4n) is 2.03. The highest BCUT2D eigenvalue weighted by Crippen LogP contribution is 2.32. The molecule has 6 heteroatoms. The minimum absolute atomic E-state index is 0.00446. The summed E-state index contributed by atoms with van der Waals surface area (Å²) in [5, 5.41) is 14.9. The van der Waals surface area contributed by atoms with E-state index in [-0.39, 0.29) is 5.69 Å². The molecule has 0 atom stereocenters. The Morgan fingerprint density at radius 3 is 2.75 bits per heavy atom. The first-order valence-corrected chi connectivity index (χ1v) is 6.44. The summed E-state index contributed by atoms with van der Waals surface area (Å²) in [7, 11) is 1.49. The van der Waals surface area contributed by atoms with E-state index in [0.29, 0.717) is 16.7 Å². The molecule has 1 aromatic heterocycles. The van der Waals surface area contributed by atoms with Crippen LogP contribution in [0.2, 0.25) is 0 Å². The number of anilines is 1. The monoisotopic (exact) mass is 275 g/mol. The lowest BCUT2D eigenvalue weighted by Gasteiger charge is -2.11. The number of nitrogens with zero attached hydrogens (tertiary/aromatic N) is 2. The van der Waals surface area contributed by atoms with Crippen LogP contribution < -0.4 is 10.1 Å². The lowest BCUT2D eigenvalue weighted by Crippen LogP contribution is -2.04. The van der Waals surface area contributed by atoms with Crippen molar-refractivity contribution in [3.63, 3.8) is 0 Å². The molecule has 0 spiro atoms. The van der Waals surface area contributed by atoms with Gasteiger partial charge in [-0.05, 0) is 25.0 Å². The molecule has 0 aliphatic rings. The number of aryl methyl sites for hydroxylation is 1. The van der Waals surface area contributed by atoms with E-state index in [1.165, 1.54) is 19.2 Å². The van der Waals surface area contributed by atoms with Gasteiger partial charge in [0.2, 0.25) is 0 Å². The van der Waals surface area contributed by atoms with Crippen LogP contribution >= 0.6 is 0 Å². The number of aromatic nitrogens is 1. The van der Waals surface area contributed by atoms with E-state index in [9.17, 15) is 10.1 Å². The first-order chi connectivity index (χ1) is 9.56. The third-order valence-electron chi connectivity index (χ3n) is 3.03. The van der Waals surface area contributed by atoms with Crippen molar-refractivity contribution < 1.29 is 9.66 Å². The summed E-state index contributed by atoms with van der Waals surface area (Å²) in [6, 6.07) is 4.80. The van der Waals surface area contributed by atoms with Gasteiger partial charge >= 0.3 is 0 Å². The van der Waals surface area contributed by atoms with Crippen LogP contribution in [0.25, 0.3) is 10.9 Å². The van der Waals surface area contributed by atoms with Gasteiger partial charge in [0.1, 0.15) is 11.3 Å². The lowest BCUT2D eigenvalue weighted by atomic mass is 10.1. The minimum Gasteiger partial charge on any atom is -0.494 e. The maximum Gasteiger partial charge on any atom is 0.273 e. The van der Waals surface area contributed by atoms with Crippen LogP contribution in [0.5, 0.6) is 5.75 Å². The van der Waals surface area contributed by atoms with E-state index in [1.807, 2.05) is 13.0 Å². The molecule has 20 heavy (non-hydrogen) atoms. The molecule has 106 valence electrons. The van der Waals surface area contributed by atoms with Gasteiger partial charge in [-0.1, -0.05) is 6.92 Å². The topological polar surface area (TPSA) is 77.3 Å². The molecule has 0 bridgehead atoms. The molecule has 1 heterocycles. The number of methoxy groups -OCH3 is 1. The van der Waals surface area contributed by atoms with Gasteiger partial charge < -0.3 is 10.1 Å². The minimum atomic E-state index is -0.430. The van der Waals surface area contributed by atoms with Crippen LogP contribution in [0.1, 0.15) is 18.9 Å². The van der Waals surface area contributed by atoms with Crippen molar-refractivity contribution in [2.45, 2.75) is 20.3 Å². The standard InChI is InChI=1S/C14H17N3O3/c1-4-5-15-14-9(2)6-10-7-11(17(18)19)8-12(20-3)13(10)16-14/h6-8H,4-5H2,1-3H3,(H,15,16). The Hall–Kier alpha value is -2.37. The second-order valence-corrected chi connectivity index (χ2v) is 4.56. The number of pyridine rings is 1. The summed E-state index contributed by atoms with van der Waals surface area (Å²) < 4.78 is 5.22. The second kappa shape index (κ2) is 5.73. The van der Waals surface area contributed by atoms with Crippen LogP contribution in [0.4, 0.5) is 11.5 Å². The molecule has 0 saturated heterocycles. The number of nitrogens with one attached hydrogen (secondary N) is 1. The molecule has 1 aromatic carbocycles. The van der Waals surface area contributed by atoms with E-state index in [4.69, 9.17) is 4.74 Å². The smallest absolute Gasteiger partial charge is 0.273 e. The Kier molecular flexibility index (Phi) is 4.02. The highest BCUT2D eigenvalue weighted by atomic mass is 16.6. The zero-order chi connectivity index (χ0) is 14.7. The normalized spacial score (nSPS) is 10.6. The van der Waals surface area contributed by atoms with Gasteiger partial charge in [-0.3, -0.25) is 10.1 Å². The Morgan fingerprint density at radius 2 is 2.15 bits per heavy atom. The van der Waals surface area contributed by atoms with Crippen molar-refractivity contribution in [1.29, 1.82) is 0 Å². The zero-order valence-corrected chi connectivity index (χ0v) is 11.8. The van der Waals surface area contributed by atoms with Gasteiger partial charge in [0.25, 0.3) is 5.69 Å². The van der Waals surface area contributed by atoms with Crippen LogP contribution in [0.15, 0.2) is 18.2 Å². The molecule has 0 aliphatic heterocycles. The number of nitro benzene ring substituents is 1. The number of hydrogen-bond donors (Lipinski definition) is 1. The fourth-order valence-corrected chi connectivity index (χ4v) is 2.03. The average molecular weight is 275 g/mol. The van der Waals surface area contributed by atoms with Crippen molar-refractivity contribution in [3.05, 3.63) is 33.9 Å². The first kappa shape index (κ1) is 14.0. The molecule has 0 saturated carbocycles. The van der Waals surface area contributed by atoms with Gasteiger partial charge in [-0.25, -0.2) is 4.98 Å². The summed E-state index contributed by atoms with van der Waals surface area (Å²) in [6.45, 7) is 4.83. The van der Waals surface area contributed by atoms with E-state index < -0.39 is 4.92 Å². The number of benzene rings is 1. The predicted octanol–water partition coefficient (Wildman–Crippen LogP) is 3.28. The van der Waals surface area contributed by atoms with E-state index in [0.717, 1.165) is 24.3 Å². The lowest BCUT2D eigenvalue weighted by molar-refractivity contribution is -0.384. The van der Waals surface area contributed by atoms with E-state index >= 15 is 0 Å². The Balaban J connectivity index is 2.61. The molecule has 0 radical (unpaired) electrons. The van der Waals surface area contributed by atoms with Crippen molar-refractivity contribution in [2.75, 3.05) is 19.0 Å². The largest absolute Gasteiger partial charge is 0.494 e. The number of ether oxygens (including phenoxy) is 1. The summed E-state index contributed by atoms with van der Waals surface area (Å²) in [5.74, 6) is 1.19. The molecule has 1 N–H and O–H groups in total. The fraction of sp³-hybridized carbons (Fsp3) is 0.357. The Labute approximate surface area is 116 Å². The van der Waals surface area contributed by atoms with E-state index in [1.54, 1.807) is 0 Å². The average Bonchev–Trinajstić information content (AvgIpc) is 2.43. The maximum atomic E-state index is 10.9. The number of hydrogen-bond acceptors (Lipinski definition) is 5. The van der Waals surface area contributed by atoms with Crippen LogP contribution in [0, 0.1) is 17.0 Å². The third-order valence-corrected chi connectivity index (χ3v) is 3.03. The summed E-state index contributed by atoms with van der Waals surface area (Å²) in [5.41, 5.74) is 1.58. The molecule has 0 amide bonds. The van der Waals surface area contributed by atoms with Crippen LogP contribution in [-0.4, -0.2) is 23.6 Å². The van der Waals surface area contributed by atoms with E-state index in [2.05, 4.69) is 17.2 Å². The maximum absolute atomic E-state index is 10.9. The SMILES string of the molecule is CCCNc1nc2c(OC)cc([N+](=O)[O-])cc2cc1C. The Morgan fingerprint density at radius 1 is 1.40 bits per heavy atom. The molecule has 2 rings (SSSR count). The van der Waals surface area contributed by atoms with Gasteiger partial charge in [0.05, 0.1) is 18.1 Å². The number of fused-ring (bicyclic) bond motifs is 1. The predicted molar refractivity (Wildman–Crippen MR) is 78.5 cm³/mol. The summed E-state index contributed by atoms with van der Waals surface area (Å²) in [6.07, 6.45) is 0.997. The Bertz CT molecular complexity index is 656.